The molecule has 0 unspecified atom stereocenters. The van der Waals surface area contributed by atoms with Crippen LogP contribution in [0.1, 0.15) is 10.4 Å². The molecule has 0 atom stereocenters. The smallest absolute Gasteiger partial charge is 0.339 e. The lowest BCUT2D eigenvalue weighted by molar-refractivity contribution is 0.0536. The summed E-state index contributed by atoms with van der Waals surface area (Å²) in [6, 6.07) is 4.61. The Morgan fingerprint density at radius 2 is 2.00 bits per heavy atom. The van der Waals surface area contributed by atoms with E-state index < -0.39 is 5.97 Å². The summed E-state index contributed by atoms with van der Waals surface area (Å²) in [5, 5.41) is 8.98. The largest absolute Gasteiger partial charge is 0.488 e. The summed E-state index contributed by atoms with van der Waals surface area (Å²) in [5.41, 5.74) is 6.02. The first-order valence-corrected chi connectivity index (χ1v) is 5.48. The molecule has 1 rings (SSSR count). The number of hydrogen-bond acceptors (Lipinski definition) is 5. The third-order valence-corrected chi connectivity index (χ3v) is 2.18. The van der Waals surface area contributed by atoms with Crippen LogP contribution >= 0.6 is 0 Å². The highest BCUT2D eigenvalue weighted by atomic mass is 16.5. The number of anilines is 1. The molecule has 0 fully saturated rings. The van der Waals surface area contributed by atoms with Gasteiger partial charge in [-0.1, -0.05) is 6.07 Å². The van der Waals surface area contributed by atoms with Gasteiger partial charge in [-0.05, 0) is 12.1 Å². The molecule has 0 bridgehead atoms. The maximum atomic E-state index is 11.0. The molecule has 0 amide bonds. The lowest BCUT2D eigenvalue weighted by atomic mass is 10.2. The average Bonchev–Trinajstić information content (AvgIpc) is 2.34. The Labute approximate surface area is 105 Å². The second-order valence-electron chi connectivity index (χ2n) is 3.48. The van der Waals surface area contributed by atoms with E-state index in [4.69, 9.17) is 25.1 Å². The maximum Gasteiger partial charge on any atom is 0.339 e. The molecule has 0 aliphatic rings. The van der Waals surface area contributed by atoms with Crippen molar-refractivity contribution >= 4 is 11.7 Å². The summed E-state index contributed by atoms with van der Waals surface area (Å²) >= 11 is 0. The third-order valence-electron chi connectivity index (χ3n) is 2.18. The van der Waals surface area contributed by atoms with E-state index in [1.54, 1.807) is 19.2 Å². The van der Waals surface area contributed by atoms with Crippen molar-refractivity contribution in [3.8, 4) is 5.75 Å². The fourth-order valence-corrected chi connectivity index (χ4v) is 1.33. The predicted molar refractivity (Wildman–Crippen MR) is 66.0 cm³/mol. The van der Waals surface area contributed by atoms with E-state index in [9.17, 15) is 4.79 Å². The van der Waals surface area contributed by atoms with Gasteiger partial charge in [0.2, 0.25) is 0 Å². The van der Waals surface area contributed by atoms with Gasteiger partial charge < -0.3 is 25.1 Å². The van der Waals surface area contributed by atoms with Gasteiger partial charge in [0.15, 0.2) is 5.75 Å². The average molecular weight is 255 g/mol. The minimum absolute atomic E-state index is 0.0480. The van der Waals surface area contributed by atoms with Crippen LogP contribution in [-0.2, 0) is 9.47 Å². The molecule has 1 aromatic carbocycles. The number of rotatable bonds is 8. The third kappa shape index (κ3) is 4.23. The summed E-state index contributed by atoms with van der Waals surface area (Å²) in [4.78, 5) is 11.0. The number of aromatic carboxylic acids is 1. The van der Waals surface area contributed by atoms with Crippen LogP contribution in [0.25, 0.3) is 0 Å². The van der Waals surface area contributed by atoms with Crippen molar-refractivity contribution in [3.05, 3.63) is 23.8 Å². The number of carbonyl (C=O) groups is 1. The Hall–Kier alpha value is -1.79. The van der Waals surface area contributed by atoms with Crippen molar-refractivity contribution in [1.82, 2.24) is 0 Å². The molecule has 0 saturated carbocycles. The Kier molecular flexibility index (Phi) is 5.96. The van der Waals surface area contributed by atoms with Crippen molar-refractivity contribution in [2.45, 2.75) is 0 Å². The number of nitrogen functional groups attached to an aromatic ring is 1. The second-order valence-corrected chi connectivity index (χ2v) is 3.48. The maximum absolute atomic E-state index is 11.0. The second kappa shape index (κ2) is 7.52. The Bertz CT molecular complexity index is 394. The van der Waals surface area contributed by atoms with Crippen LogP contribution in [0.15, 0.2) is 18.2 Å². The quantitative estimate of drug-likeness (QED) is 0.532. The predicted octanol–water partition coefficient (Wildman–Crippen LogP) is 1.01. The summed E-state index contributed by atoms with van der Waals surface area (Å²) in [7, 11) is 1.59. The monoisotopic (exact) mass is 255 g/mol. The summed E-state index contributed by atoms with van der Waals surface area (Å²) < 4.78 is 15.3. The van der Waals surface area contributed by atoms with Crippen LogP contribution < -0.4 is 10.5 Å². The van der Waals surface area contributed by atoms with Crippen LogP contribution in [0.2, 0.25) is 0 Å². The molecular weight excluding hydrogens is 238 g/mol. The van der Waals surface area contributed by atoms with Gasteiger partial charge >= 0.3 is 5.97 Å². The molecule has 0 aromatic heterocycles. The highest BCUT2D eigenvalue weighted by Crippen LogP contribution is 2.26. The lowest BCUT2D eigenvalue weighted by Gasteiger charge is -2.11. The molecule has 1 aromatic rings. The number of methoxy groups -OCH3 is 1. The molecule has 100 valence electrons. The van der Waals surface area contributed by atoms with Gasteiger partial charge in [-0.15, -0.1) is 0 Å². The van der Waals surface area contributed by atoms with Crippen molar-refractivity contribution < 1.29 is 24.1 Å². The van der Waals surface area contributed by atoms with Crippen molar-refractivity contribution in [3.63, 3.8) is 0 Å². The van der Waals surface area contributed by atoms with E-state index >= 15 is 0 Å². The van der Waals surface area contributed by atoms with E-state index in [1.165, 1.54) is 6.07 Å². The SMILES string of the molecule is COCCOCCOc1c(N)cccc1C(=O)O. The molecule has 0 radical (unpaired) electrons. The fourth-order valence-electron chi connectivity index (χ4n) is 1.33. The van der Waals surface area contributed by atoms with Crippen LogP contribution in [0, 0.1) is 0 Å². The first-order valence-electron chi connectivity index (χ1n) is 5.48. The van der Waals surface area contributed by atoms with Crippen LogP contribution in [0.5, 0.6) is 5.75 Å². The molecule has 0 saturated heterocycles. The van der Waals surface area contributed by atoms with Gasteiger partial charge in [-0.2, -0.15) is 0 Å². The molecule has 6 nitrogen and oxygen atoms in total. The van der Waals surface area contributed by atoms with Gasteiger partial charge in [-0.3, -0.25) is 0 Å². The van der Waals surface area contributed by atoms with E-state index in [-0.39, 0.29) is 17.9 Å². The zero-order valence-electron chi connectivity index (χ0n) is 10.2. The molecule has 0 heterocycles. The zero-order chi connectivity index (χ0) is 13.4. The Morgan fingerprint density at radius 3 is 2.67 bits per heavy atom. The summed E-state index contributed by atoms with van der Waals surface area (Å²) in [6.45, 7) is 1.55. The van der Waals surface area contributed by atoms with Gasteiger partial charge in [0.1, 0.15) is 12.2 Å². The number of para-hydroxylation sites is 1. The molecular formula is C12H17NO5. The number of benzene rings is 1. The van der Waals surface area contributed by atoms with Gasteiger partial charge in [0, 0.05) is 7.11 Å². The van der Waals surface area contributed by atoms with Crippen molar-refractivity contribution in [2.24, 2.45) is 0 Å². The standard InChI is InChI=1S/C12H17NO5/c1-16-5-6-17-7-8-18-11-9(12(14)15)3-2-4-10(11)13/h2-4H,5-8,13H2,1H3,(H,14,15). The van der Waals surface area contributed by atoms with Crippen LogP contribution in [0.4, 0.5) is 5.69 Å². The summed E-state index contributed by atoms with van der Waals surface area (Å²) in [6.07, 6.45) is 0. The molecule has 0 aliphatic heterocycles. The Morgan fingerprint density at radius 1 is 1.28 bits per heavy atom. The van der Waals surface area contributed by atoms with Crippen LogP contribution in [0.3, 0.4) is 0 Å². The fraction of sp³-hybridized carbons (Fsp3) is 0.417. The lowest BCUT2D eigenvalue weighted by Crippen LogP contribution is -2.12. The molecule has 0 aliphatic carbocycles. The first kappa shape index (κ1) is 14.3. The number of hydrogen-bond donors (Lipinski definition) is 2. The van der Waals surface area contributed by atoms with Crippen molar-refractivity contribution in [1.29, 1.82) is 0 Å². The molecule has 3 N–H and O–H groups in total. The van der Waals surface area contributed by atoms with Crippen molar-refractivity contribution in [2.75, 3.05) is 39.3 Å². The molecule has 0 spiro atoms. The summed E-state index contributed by atoms with van der Waals surface area (Å²) in [5.74, 6) is -0.891. The highest BCUT2D eigenvalue weighted by Gasteiger charge is 2.13. The van der Waals surface area contributed by atoms with Crippen LogP contribution in [-0.4, -0.2) is 44.6 Å². The number of ether oxygens (including phenoxy) is 3. The minimum atomic E-state index is -1.07. The normalized spacial score (nSPS) is 10.3. The first-order chi connectivity index (χ1) is 8.66. The Balaban J connectivity index is 2.48. The molecule has 18 heavy (non-hydrogen) atoms. The zero-order valence-corrected chi connectivity index (χ0v) is 10.2. The van der Waals surface area contributed by atoms with Gasteiger partial charge in [0.25, 0.3) is 0 Å². The van der Waals surface area contributed by atoms with E-state index in [0.29, 0.717) is 25.5 Å². The van der Waals surface area contributed by atoms with Gasteiger partial charge in [0.05, 0.1) is 25.5 Å². The number of carboxylic acid groups (broad SMARTS) is 1. The highest BCUT2D eigenvalue weighted by molar-refractivity contribution is 5.93. The van der Waals surface area contributed by atoms with E-state index in [2.05, 4.69) is 0 Å². The van der Waals surface area contributed by atoms with Gasteiger partial charge in [-0.25, -0.2) is 4.79 Å². The van der Waals surface area contributed by atoms with E-state index in [0.717, 1.165) is 0 Å². The number of carboxylic acids is 1. The topological polar surface area (TPSA) is 91.0 Å². The molecule has 6 heteroatoms. The number of nitrogens with two attached hydrogens (primary N) is 1. The minimum Gasteiger partial charge on any atom is -0.488 e. The van der Waals surface area contributed by atoms with E-state index in [1.807, 2.05) is 0 Å².